The van der Waals surface area contributed by atoms with E-state index in [0.29, 0.717) is 6.42 Å². The van der Waals surface area contributed by atoms with Gasteiger partial charge in [0.25, 0.3) is 0 Å². The summed E-state index contributed by atoms with van der Waals surface area (Å²) in [4.78, 5) is 12.9. The van der Waals surface area contributed by atoms with Crippen LogP contribution >= 0.6 is 0 Å². The van der Waals surface area contributed by atoms with Crippen molar-refractivity contribution in [3.63, 3.8) is 0 Å². The molecule has 7 N–H and O–H groups in total. The zero-order valence-electron chi connectivity index (χ0n) is 32.5. The quantitative estimate of drug-likeness (QED) is 0.0280. The first-order chi connectivity index (χ1) is 24.8. The predicted molar refractivity (Wildman–Crippen MR) is 204 cm³/mol. The van der Waals surface area contributed by atoms with Crippen LogP contribution in [0.1, 0.15) is 181 Å². The molecule has 8 unspecified atom stereocenters. The highest BCUT2D eigenvalue weighted by Gasteiger charge is 2.44. The molecular weight excluding hydrogens is 650 g/mol. The number of aliphatic hydroxyl groups excluding tert-OH is 6. The van der Waals surface area contributed by atoms with Crippen molar-refractivity contribution in [3.8, 4) is 0 Å². The average Bonchev–Trinajstić information content (AvgIpc) is 3.13. The molecule has 0 bridgehead atoms. The number of aliphatic hydroxyl groups is 6. The van der Waals surface area contributed by atoms with Crippen LogP contribution in [0.4, 0.5) is 0 Å². The summed E-state index contributed by atoms with van der Waals surface area (Å²) < 4.78 is 11.1. The van der Waals surface area contributed by atoms with E-state index in [-0.39, 0.29) is 6.61 Å². The molecule has 0 saturated carbocycles. The van der Waals surface area contributed by atoms with Gasteiger partial charge in [-0.25, -0.2) is 0 Å². The van der Waals surface area contributed by atoms with Crippen molar-refractivity contribution in [2.24, 2.45) is 0 Å². The molecule has 0 radical (unpaired) electrons. The third kappa shape index (κ3) is 23.3. The standard InChI is InChI=1S/C41H79NO9/c1-3-5-7-9-11-13-15-16-17-18-19-20-22-23-25-27-29-34(44)33(32-50-41-39(48)38(47)37(46)36(31-43)51-41)42-40(49)35(45)30-28-26-24-21-14-12-10-8-6-4-2/h27,29,33-39,41,43-48H,3-26,28,30-32H2,1-2H3,(H,42,49)/b29-27+. The number of amides is 1. The first-order valence-corrected chi connectivity index (χ1v) is 21.0. The Morgan fingerprint density at radius 1 is 0.667 bits per heavy atom. The summed E-state index contributed by atoms with van der Waals surface area (Å²) in [5, 5.41) is 64.4. The van der Waals surface area contributed by atoms with Crippen LogP contribution in [0.25, 0.3) is 0 Å². The normalized spacial score (nSPS) is 22.7. The van der Waals surface area contributed by atoms with Gasteiger partial charge in [-0.2, -0.15) is 0 Å². The SMILES string of the molecule is CCCCCCCCCCCCCCCC/C=C/C(O)C(COC1OC(CO)C(O)C(O)C1O)NC(=O)C(O)CCCCCCCCCCCC. The van der Waals surface area contributed by atoms with E-state index < -0.39 is 61.5 Å². The van der Waals surface area contributed by atoms with Crippen molar-refractivity contribution in [2.75, 3.05) is 13.2 Å². The number of hydrogen-bond donors (Lipinski definition) is 7. The molecule has 1 saturated heterocycles. The van der Waals surface area contributed by atoms with E-state index in [4.69, 9.17) is 9.47 Å². The van der Waals surface area contributed by atoms with E-state index in [1.165, 1.54) is 116 Å². The van der Waals surface area contributed by atoms with Crippen molar-refractivity contribution in [1.29, 1.82) is 0 Å². The molecule has 1 aliphatic heterocycles. The average molecular weight is 730 g/mol. The number of carbonyl (C=O) groups excluding carboxylic acids is 1. The van der Waals surface area contributed by atoms with Crippen LogP contribution in [0.5, 0.6) is 0 Å². The number of hydrogen-bond acceptors (Lipinski definition) is 9. The fraction of sp³-hybridized carbons (Fsp3) is 0.927. The second-order valence-corrected chi connectivity index (χ2v) is 14.9. The molecule has 1 fully saturated rings. The molecule has 10 heteroatoms. The van der Waals surface area contributed by atoms with Crippen molar-refractivity contribution in [1.82, 2.24) is 5.32 Å². The van der Waals surface area contributed by atoms with E-state index in [0.717, 1.165) is 44.9 Å². The lowest BCUT2D eigenvalue weighted by Gasteiger charge is -2.40. The summed E-state index contributed by atoms with van der Waals surface area (Å²) in [5.41, 5.74) is 0. The lowest BCUT2D eigenvalue weighted by Crippen LogP contribution is -2.60. The molecule has 0 aliphatic carbocycles. The highest BCUT2D eigenvalue weighted by atomic mass is 16.7. The van der Waals surface area contributed by atoms with E-state index >= 15 is 0 Å². The Morgan fingerprint density at radius 2 is 1.12 bits per heavy atom. The minimum atomic E-state index is -1.60. The van der Waals surface area contributed by atoms with Gasteiger partial charge in [0.1, 0.15) is 30.5 Å². The number of ether oxygens (including phenoxy) is 2. The Hall–Kier alpha value is -1.11. The fourth-order valence-electron chi connectivity index (χ4n) is 6.69. The van der Waals surface area contributed by atoms with Crippen LogP contribution in [0, 0.1) is 0 Å². The van der Waals surface area contributed by atoms with E-state index in [2.05, 4.69) is 19.2 Å². The zero-order valence-corrected chi connectivity index (χ0v) is 32.5. The number of rotatable bonds is 34. The van der Waals surface area contributed by atoms with E-state index in [1.54, 1.807) is 6.08 Å². The largest absolute Gasteiger partial charge is 0.394 e. The van der Waals surface area contributed by atoms with Gasteiger partial charge in [0.2, 0.25) is 5.91 Å². The topological polar surface area (TPSA) is 169 Å². The number of allylic oxidation sites excluding steroid dienone is 1. The lowest BCUT2D eigenvalue weighted by atomic mass is 9.99. The molecule has 1 heterocycles. The summed E-state index contributed by atoms with van der Waals surface area (Å²) in [6.07, 6.45) is 24.4. The first kappa shape index (κ1) is 47.9. The molecule has 302 valence electrons. The van der Waals surface area contributed by atoms with Crippen molar-refractivity contribution < 1.29 is 44.9 Å². The van der Waals surface area contributed by atoms with Crippen LogP contribution in [0.2, 0.25) is 0 Å². The Labute approximate surface area is 310 Å². The van der Waals surface area contributed by atoms with Gasteiger partial charge < -0.3 is 45.4 Å². The molecule has 8 atom stereocenters. The van der Waals surface area contributed by atoms with Crippen LogP contribution < -0.4 is 5.32 Å². The fourth-order valence-corrected chi connectivity index (χ4v) is 6.69. The minimum absolute atomic E-state index is 0.302. The molecule has 1 aliphatic rings. The number of unbranched alkanes of at least 4 members (excludes halogenated alkanes) is 23. The lowest BCUT2D eigenvalue weighted by molar-refractivity contribution is -0.302. The van der Waals surface area contributed by atoms with Gasteiger partial charge in [0.05, 0.1) is 25.4 Å². The van der Waals surface area contributed by atoms with Crippen LogP contribution in [0.3, 0.4) is 0 Å². The van der Waals surface area contributed by atoms with Crippen molar-refractivity contribution in [2.45, 2.75) is 230 Å². The minimum Gasteiger partial charge on any atom is -0.394 e. The molecule has 0 aromatic carbocycles. The first-order valence-electron chi connectivity index (χ1n) is 21.0. The summed E-state index contributed by atoms with van der Waals surface area (Å²) >= 11 is 0. The second-order valence-electron chi connectivity index (χ2n) is 14.9. The summed E-state index contributed by atoms with van der Waals surface area (Å²) in [6.45, 7) is 3.57. The third-order valence-electron chi connectivity index (χ3n) is 10.2. The monoisotopic (exact) mass is 730 g/mol. The van der Waals surface area contributed by atoms with Crippen LogP contribution in [-0.2, 0) is 14.3 Å². The number of nitrogens with one attached hydrogen (secondary N) is 1. The van der Waals surface area contributed by atoms with Crippen LogP contribution in [-0.4, -0.2) is 98.7 Å². The van der Waals surface area contributed by atoms with E-state index in [9.17, 15) is 35.4 Å². The molecule has 0 spiro atoms. The Morgan fingerprint density at radius 3 is 1.59 bits per heavy atom. The molecule has 10 nitrogen and oxygen atoms in total. The Kier molecular flexibility index (Phi) is 30.4. The second kappa shape index (κ2) is 32.3. The van der Waals surface area contributed by atoms with Gasteiger partial charge >= 0.3 is 0 Å². The molecule has 0 aromatic heterocycles. The van der Waals surface area contributed by atoms with Crippen molar-refractivity contribution in [3.05, 3.63) is 12.2 Å². The molecule has 51 heavy (non-hydrogen) atoms. The Balaban J connectivity index is 2.47. The number of carbonyl (C=O) groups is 1. The van der Waals surface area contributed by atoms with Gasteiger partial charge in [0, 0.05) is 0 Å². The maximum Gasteiger partial charge on any atom is 0.249 e. The van der Waals surface area contributed by atoms with Crippen molar-refractivity contribution >= 4 is 5.91 Å². The third-order valence-corrected chi connectivity index (χ3v) is 10.2. The molecule has 1 rings (SSSR count). The molecular formula is C41H79NO9. The zero-order chi connectivity index (χ0) is 37.5. The van der Waals surface area contributed by atoms with E-state index in [1.807, 2.05) is 6.08 Å². The summed E-state index contributed by atoms with van der Waals surface area (Å²) in [5.74, 6) is -0.618. The van der Waals surface area contributed by atoms with Gasteiger partial charge in [-0.3, -0.25) is 4.79 Å². The van der Waals surface area contributed by atoms with Crippen LogP contribution in [0.15, 0.2) is 12.2 Å². The molecule has 0 aromatic rings. The maximum atomic E-state index is 12.9. The van der Waals surface area contributed by atoms with Gasteiger partial charge in [-0.15, -0.1) is 0 Å². The smallest absolute Gasteiger partial charge is 0.249 e. The summed E-state index contributed by atoms with van der Waals surface area (Å²) in [7, 11) is 0. The van der Waals surface area contributed by atoms with Gasteiger partial charge in [-0.1, -0.05) is 174 Å². The van der Waals surface area contributed by atoms with Gasteiger partial charge in [0.15, 0.2) is 6.29 Å². The Bertz CT molecular complexity index is 829. The summed E-state index contributed by atoms with van der Waals surface area (Å²) in [6, 6.07) is -0.972. The van der Waals surface area contributed by atoms with Gasteiger partial charge in [-0.05, 0) is 19.3 Å². The maximum absolute atomic E-state index is 12.9. The highest BCUT2D eigenvalue weighted by molar-refractivity contribution is 5.80. The predicted octanol–water partition coefficient (Wildman–Crippen LogP) is 6.75. The highest BCUT2D eigenvalue weighted by Crippen LogP contribution is 2.22. The molecule has 1 amide bonds.